The predicted octanol–water partition coefficient (Wildman–Crippen LogP) is 20.0. The van der Waals surface area contributed by atoms with Gasteiger partial charge in [-0.2, -0.15) is 0 Å². The lowest BCUT2D eigenvalue weighted by Crippen LogP contribution is -2.66. The van der Waals surface area contributed by atoms with E-state index in [1.807, 2.05) is 126 Å². The van der Waals surface area contributed by atoms with Gasteiger partial charge in [-0.15, -0.1) is 0 Å². The molecule has 4 aliphatic heterocycles. The van der Waals surface area contributed by atoms with Gasteiger partial charge < -0.3 is 19.1 Å². The second-order valence-corrected chi connectivity index (χ2v) is 28.8. The minimum Gasteiger partial charge on any atom is -0.458 e. The maximum absolute atomic E-state index is 11.8. The number of hydrogen-bond donors (Lipinski definition) is 0. The second kappa shape index (κ2) is 21.9. The fourth-order valence-electron chi connectivity index (χ4n) is 15.1. The lowest BCUT2D eigenvalue weighted by molar-refractivity contribution is 0.487. The highest BCUT2D eigenvalue weighted by atomic mass is 16.5. The van der Waals surface area contributed by atoms with Crippen LogP contribution in [0.15, 0.2) is 279 Å². The summed E-state index contributed by atoms with van der Waals surface area (Å²) >= 11 is 0. The summed E-state index contributed by atoms with van der Waals surface area (Å²) in [6.07, 6.45) is -0.352. The van der Waals surface area contributed by atoms with Crippen molar-refractivity contribution in [3.8, 4) is 61.7 Å². The number of benzene rings is 13. The number of hydrogen-bond acceptors (Lipinski definition) is 3. The minimum absolute atomic E-state index is 0.00612. The van der Waals surface area contributed by atoms with Crippen LogP contribution in [0.5, 0.6) is 11.5 Å². The van der Waals surface area contributed by atoms with E-state index in [4.69, 9.17) is 7.48 Å². The Kier molecular flexibility index (Phi) is 9.29. The lowest BCUT2D eigenvalue weighted by atomic mass is 9.28. The van der Waals surface area contributed by atoms with Gasteiger partial charge in [0.1, 0.15) is 11.5 Å². The lowest BCUT2D eigenvalue weighted by Gasteiger charge is -2.48. The normalized spacial score (nSPS) is 16.5. The topological polar surface area (TPSA) is 20.6 Å². The molecule has 18 rings (SSSR count). The highest BCUT2D eigenvalue weighted by molar-refractivity contribution is 7.02. The summed E-state index contributed by atoms with van der Waals surface area (Å²) in [6, 6.07) is 39.6. The van der Waals surface area contributed by atoms with Gasteiger partial charge in [0.2, 0.25) is 0 Å². The van der Waals surface area contributed by atoms with E-state index < -0.39 is 161 Å². The monoisotopic (exact) mass is 1270 g/mol. The Balaban J connectivity index is 1.14. The van der Waals surface area contributed by atoms with Crippen LogP contribution < -0.4 is 47.3 Å². The molecule has 0 fully saturated rings. The third-order valence-corrected chi connectivity index (χ3v) is 19.9. The molecule has 13 aromatic carbocycles. The molecule has 0 N–H and O–H groups in total. The fourth-order valence-corrected chi connectivity index (χ4v) is 15.1. The van der Waals surface area contributed by atoms with Crippen molar-refractivity contribution in [2.45, 2.75) is 85.0 Å². The molecular weight excluding hydrogens is 1170 g/mol. The summed E-state index contributed by atoms with van der Waals surface area (Å²) in [7, 11) is 0. The molecule has 0 bridgehead atoms. The van der Waals surface area contributed by atoms with Gasteiger partial charge in [-0.1, -0.05) is 274 Å². The zero-order valence-electron chi connectivity index (χ0n) is 75.1. The number of anilines is 6. The van der Waals surface area contributed by atoms with Gasteiger partial charge in [-0.25, -0.2) is 0 Å². The van der Waals surface area contributed by atoms with Crippen molar-refractivity contribution in [2.75, 3.05) is 9.80 Å². The molecule has 0 saturated carbocycles. The van der Waals surface area contributed by atoms with E-state index in [-0.39, 0.29) is 84.6 Å². The first-order valence-corrected chi connectivity index (χ1v) is 33.0. The van der Waals surface area contributed by atoms with Crippen LogP contribution >= 0.6 is 0 Å². The molecule has 5 heterocycles. The second-order valence-electron chi connectivity index (χ2n) is 28.8. The third kappa shape index (κ3) is 9.27. The van der Waals surface area contributed by atoms with E-state index in [0.717, 1.165) is 37.9 Å². The molecule has 0 spiro atoms. The van der Waals surface area contributed by atoms with Crippen LogP contribution in [-0.4, -0.2) is 18.0 Å². The van der Waals surface area contributed by atoms with Crippen LogP contribution in [-0.2, 0) is 22.7 Å². The Hall–Kier alpha value is -10.8. The third-order valence-electron chi connectivity index (χ3n) is 19.9. The number of para-hydroxylation sites is 3. The van der Waals surface area contributed by atoms with E-state index in [1.54, 1.807) is 0 Å². The first-order chi connectivity index (χ1) is 55.4. The van der Waals surface area contributed by atoms with Crippen LogP contribution in [0.3, 0.4) is 0 Å². The van der Waals surface area contributed by atoms with Crippen molar-refractivity contribution in [3.63, 3.8) is 0 Å². The maximum Gasteiger partial charge on any atom is 0.252 e. The van der Waals surface area contributed by atoms with Crippen molar-refractivity contribution < 1.29 is 32.2 Å². The molecule has 466 valence electrons. The molecule has 0 atom stereocenters. The Bertz CT molecular complexity index is 6560. The number of rotatable bonds is 7. The molecule has 0 unspecified atom stereocenters. The minimum atomic E-state index is -1.50. The van der Waals surface area contributed by atoms with Crippen molar-refractivity contribution >= 4 is 102 Å². The number of aromatic nitrogens is 1. The Labute approximate surface area is 599 Å². The average molecular weight is 1270 g/mol. The van der Waals surface area contributed by atoms with Gasteiger partial charge >= 0.3 is 0 Å². The van der Waals surface area contributed by atoms with Gasteiger partial charge in [0.05, 0.1) is 49.8 Å². The number of ether oxygens (including phenoxy) is 1. The van der Waals surface area contributed by atoms with Gasteiger partial charge in [0.25, 0.3) is 13.4 Å². The molecule has 14 aromatic rings. The molecule has 0 radical (unpaired) electrons. The van der Waals surface area contributed by atoms with Crippen molar-refractivity contribution in [2.24, 2.45) is 0 Å². The molecule has 0 amide bonds. The SMILES string of the molecule is [2H]c1c([2H])c([2H])c2c(c1[2H])Cc1c3c(c([2H])c4c1B1c5c(cc(C(C)(C)C)cc5N4c4c(-c5ccccc5)cc(C(C)(C)C)cc4-c4ccccc4)N(c4c(-c5ccccc5)cc(C(C)(C)C)cc4-c4ccccc4)c4c([2H])c(-n5c6c([2H])c([2H])c([2H])c([2H])c6c6c([2H])c([2H])c([2H])c([2H])c65)c([2H])c([2H])c41)Oc1c([2H])c([2H])c([2H])c([2H])c1B23. The van der Waals surface area contributed by atoms with Crippen LogP contribution in [0.25, 0.3) is 72.0 Å². The zero-order chi connectivity index (χ0) is 83.2. The highest BCUT2D eigenvalue weighted by Gasteiger charge is 2.50. The molecule has 4 aliphatic rings. The van der Waals surface area contributed by atoms with Crippen molar-refractivity contribution in [1.82, 2.24) is 4.57 Å². The molecular formula is C91H75B2N3O. The van der Waals surface area contributed by atoms with E-state index in [1.165, 1.54) is 0 Å². The first-order valence-electron chi connectivity index (χ1n) is 43.0. The van der Waals surface area contributed by atoms with Gasteiger partial charge in [-0.05, 0) is 167 Å². The van der Waals surface area contributed by atoms with E-state index in [0.29, 0.717) is 56.0 Å². The van der Waals surface area contributed by atoms with Gasteiger partial charge in [0.15, 0.2) is 0 Å². The highest BCUT2D eigenvalue weighted by Crippen LogP contribution is 2.56. The zero-order valence-corrected chi connectivity index (χ0v) is 55.1. The largest absolute Gasteiger partial charge is 0.458 e. The molecule has 6 heteroatoms. The average Bonchev–Trinajstić information content (AvgIpc) is 0.709. The van der Waals surface area contributed by atoms with Crippen molar-refractivity contribution in [3.05, 3.63) is 306 Å². The summed E-state index contributed by atoms with van der Waals surface area (Å²) in [5, 5.41) is -0.642. The quantitative estimate of drug-likeness (QED) is 0.148. The Morgan fingerprint density at radius 3 is 1.30 bits per heavy atom. The van der Waals surface area contributed by atoms with Crippen molar-refractivity contribution in [1.29, 1.82) is 0 Å². The maximum atomic E-state index is 11.8. The van der Waals surface area contributed by atoms with Gasteiger partial charge in [0, 0.05) is 67.5 Å². The predicted molar refractivity (Wildman–Crippen MR) is 413 cm³/mol. The molecule has 1 aromatic heterocycles. The summed E-state index contributed by atoms with van der Waals surface area (Å²) in [5.74, 6) is -0.541. The molecule has 4 nitrogen and oxygen atoms in total. The summed E-state index contributed by atoms with van der Waals surface area (Å²) in [6.45, 7) is 16.0. The fraction of sp³-hybridized carbons (Fsp3) is 0.143. The smallest absolute Gasteiger partial charge is 0.252 e. The summed E-state index contributed by atoms with van der Waals surface area (Å²) in [5.41, 5.74) is 7.99. The summed E-state index contributed by atoms with van der Waals surface area (Å²) < 4.78 is 208. The van der Waals surface area contributed by atoms with E-state index in [2.05, 4.69) is 104 Å². The van der Waals surface area contributed by atoms with Crippen LogP contribution in [0.2, 0.25) is 0 Å². The number of nitrogens with zero attached hydrogens (tertiary/aromatic N) is 3. The summed E-state index contributed by atoms with van der Waals surface area (Å²) in [4.78, 5) is 4.04. The van der Waals surface area contributed by atoms with E-state index >= 15 is 0 Å². The Morgan fingerprint density at radius 1 is 0.371 bits per heavy atom. The van der Waals surface area contributed by atoms with Gasteiger partial charge in [-0.3, -0.25) is 0 Å². The first kappa shape index (κ1) is 41.2. The molecule has 0 saturated heterocycles. The molecule has 0 aliphatic carbocycles. The number of fused-ring (bicyclic) bond motifs is 12. The standard InChI is InChI=1S/C91H75B2N3O/c1-89(2,3)62-49-68(57-30-14-10-15-31-57)87(69(50-62)58-32-16-11-17-33-58)95-78-55-65(94-76-43-27-23-39-66(76)67-40-24-28-44-77(67)94)46-47-74(78)93-84-72-48-61-38-22-25-41-73(61)92-75-42-26-29-45-82(75)97-83(85(72)92)56-81(84)96(80-54-64(91(7,8)9)53-79(95)86(80)93)88-70(59-34-18-12-19-35-59)51-63(90(4,5)6)52-71(88)60-36-20-13-21-37-60/h10-47,49-56H,48H2,1-9H3/i22D,23D,24D,25D,26D,27D,28D,29D,38D,39D,40D,41D,42D,43D,44D,45D,46D,47D,55D,56D. The van der Waals surface area contributed by atoms with Crippen LogP contribution in [0, 0.1) is 0 Å². The van der Waals surface area contributed by atoms with Crippen LogP contribution in [0.4, 0.5) is 34.1 Å². The van der Waals surface area contributed by atoms with Crippen LogP contribution in [0.1, 0.15) is 118 Å². The molecule has 97 heavy (non-hydrogen) atoms. The Morgan fingerprint density at radius 2 is 0.804 bits per heavy atom. The van der Waals surface area contributed by atoms with E-state index in [9.17, 15) is 24.7 Å².